The van der Waals surface area contributed by atoms with Gasteiger partial charge in [0.05, 0.1) is 48.4 Å². The van der Waals surface area contributed by atoms with Gasteiger partial charge in [-0.15, -0.1) is 0 Å². The maximum Gasteiger partial charge on any atom is 0.410 e. The first-order valence-electron chi connectivity index (χ1n) is 13.1. The lowest BCUT2D eigenvalue weighted by molar-refractivity contribution is -0.166. The molecule has 0 saturated carbocycles. The summed E-state index contributed by atoms with van der Waals surface area (Å²) in [5.41, 5.74) is 3.53. The van der Waals surface area contributed by atoms with Crippen LogP contribution in [0.15, 0.2) is 36.4 Å². The first-order valence-corrected chi connectivity index (χ1v) is 13.9. The SMILES string of the molecule is Cc1cc(-c2sc(NC(=O)N3CC4(C3)CN(C(=O)OC(C)(C)C)CCO4)nc2-c2cccc(C#N)c2)cc(C)n1. The van der Waals surface area contributed by atoms with Crippen LogP contribution in [-0.4, -0.2) is 75.9 Å². The van der Waals surface area contributed by atoms with Crippen molar-refractivity contribution in [3.8, 4) is 27.8 Å². The summed E-state index contributed by atoms with van der Waals surface area (Å²) in [5, 5.41) is 12.8. The highest BCUT2D eigenvalue weighted by Crippen LogP contribution is 2.40. The van der Waals surface area contributed by atoms with Crippen LogP contribution in [0.25, 0.3) is 21.7 Å². The van der Waals surface area contributed by atoms with Gasteiger partial charge in [0.2, 0.25) is 0 Å². The van der Waals surface area contributed by atoms with Crippen molar-refractivity contribution in [2.75, 3.05) is 38.1 Å². The van der Waals surface area contributed by atoms with Crippen LogP contribution in [0.1, 0.15) is 37.7 Å². The molecule has 2 saturated heterocycles. The van der Waals surface area contributed by atoms with Gasteiger partial charge in [0, 0.05) is 23.5 Å². The van der Waals surface area contributed by atoms with Gasteiger partial charge in [-0.05, 0) is 64.4 Å². The summed E-state index contributed by atoms with van der Waals surface area (Å²) in [4.78, 5) is 39.2. The van der Waals surface area contributed by atoms with E-state index in [2.05, 4.69) is 16.4 Å². The van der Waals surface area contributed by atoms with Gasteiger partial charge in [-0.1, -0.05) is 23.5 Å². The van der Waals surface area contributed by atoms with E-state index in [1.54, 1.807) is 21.9 Å². The fourth-order valence-corrected chi connectivity index (χ4v) is 5.91. The number of urea groups is 1. The molecule has 2 aromatic heterocycles. The van der Waals surface area contributed by atoms with E-state index in [1.165, 1.54) is 11.3 Å². The van der Waals surface area contributed by atoms with E-state index in [0.29, 0.717) is 49.2 Å². The molecule has 2 aliphatic rings. The predicted molar refractivity (Wildman–Crippen MR) is 152 cm³/mol. The topological polar surface area (TPSA) is 121 Å². The van der Waals surface area contributed by atoms with Gasteiger partial charge in [0.15, 0.2) is 5.13 Å². The molecule has 0 bridgehead atoms. The van der Waals surface area contributed by atoms with Crippen molar-refractivity contribution >= 4 is 28.6 Å². The molecule has 3 aromatic rings. The van der Waals surface area contributed by atoms with Gasteiger partial charge in [0.25, 0.3) is 0 Å². The Labute approximate surface area is 237 Å². The average molecular weight is 561 g/mol. The Hall–Kier alpha value is -4.01. The lowest BCUT2D eigenvalue weighted by Crippen LogP contribution is -2.72. The number of amides is 3. The molecule has 0 unspecified atom stereocenters. The highest BCUT2D eigenvalue weighted by atomic mass is 32.1. The van der Waals surface area contributed by atoms with Crippen molar-refractivity contribution < 1.29 is 19.1 Å². The Morgan fingerprint density at radius 3 is 2.45 bits per heavy atom. The van der Waals surface area contributed by atoms with Crippen LogP contribution in [0, 0.1) is 25.2 Å². The number of likely N-dealkylation sites (tertiary alicyclic amines) is 1. The van der Waals surface area contributed by atoms with Crippen molar-refractivity contribution in [3.05, 3.63) is 53.3 Å². The maximum atomic E-state index is 13.2. The summed E-state index contributed by atoms with van der Waals surface area (Å²) >= 11 is 1.37. The third kappa shape index (κ3) is 5.93. The zero-order valence-corrected chi connectivity index (χ0v) is 24.1. The molecular formula is C29H32N6O4S. The molecule has 208 valence electrons. The summed E-state index contributed by atoms with van der Waals surface area (Å²) in [5.74, 6) is 0. The van der Waals surface area contributed by atoms with Crippen molar-refractivity contribution in [3.63, 3.8) is 0 Å². The number of carbonyl (C=O) groups excluding carboxylic acids is 2. The number of ether oxygens (including phenoxy) is 2. The van der Waals surface area contributed by atoms with Crippen LogP contribution in [0.3, 0.4) is 0 Å². The third-order valence-corrected chi connectivity index (χ3v) is 7.62. The molecule has 3 amide bonds. The van der Waals surface area contributed by atoms with E-state index < -0.39 is 11.2 Å². The smallest absolute Gasteiger partial charge is 0.410 e. The lowest BCUT2D eigenvalue weighted by atomic mass is 9.92. The van der Waals surface area contributed by atoms with Crippen LogP contribution in [0.5, 0.6) is 0 Å². The minimum atomic E-state index is -0.602. The van der Waals surface area contributed by atoms with Gasteiger partial charge in [-0.3, -0.25) is 10.3 Å². The highest BCUT2D eigenvalue weighted by molar-refractivity contribution is 7.19. The normalized spacial score (nSPS) is 16.3. The van der Waals surface area contributed by atoms with Crippen LogP contribution in [-0.2, 0) is 9.47 Å². The van der Waals surface area contributed by atoms with Gasteiger partial charge in [0.1, 0.15) is 11.2 Å². The molecule has 40 heavy (non-hydrogen) atoms. The zero-order chi connectivity index (χ0) is 28.7. The number of hydrogen-bond acceptors (Lipinski definition) is 8. The largest absolute Gasteiger partial charge is 0.444 e. The summed E-state index contributed by atoms with van der Waals surface area (Å²) in [6.07, 6.45) is -0.372. The quantitative estimate of drug-likeness (QED) is 0.467. The van der Waals surface area contributed by atoms with Gasteiger partial charge in [-0.25, -0.2) is 14.6 Å². The lowest BCUT2D eigenvalue weighted by Gasteiger charge is -2.53. The minimum Gasteiger partial charge on any atom is -0.444 e. The number of hydrogen-bond donors (Lipinski definition) is 1. The van der Waals surface area contributed by atoms with Gasteiger partial charge < -0.3 is 19.3 Å². The minimum absolute atomic E-state index is 0.289. The molecule has 0 atom stereocenters. The maximum absolute atomic E-state index is 13.2. The number of nitrogens with one attached hydrogen (secondary N) is 1. The monoisotopic (exact) mass is 560 g/mol. The molecule has 1 aromatic carbocycles. The van der Waals surface area contributed by atoms with Gasteiger partial charge >= 0.3 is 12.1 Å². The van der Waals surface area contributed by atoms with E-state index in [4.69, 9.17) is 14.5 Å². The number of nitrogens with zero attached hydrogens (tertiary/aromatic N) is 5. The fourth-order valence-electron chi connectivity index (χ4n) is 4.95. The van der Waals surface area contributed by atoms with Crippen LogP contribution in [0.2, 0.25) is 0 Å². The molecule has 0 radical (unpaired) electrons. The van der Waals surface area contributed by atoms with Crippen molar-refractivity contribution in [1.82, 2.24) is 19.8 Å². The Bertz CT molecular complexity index is 1480. The molecule has 10 nitrogen and oxygen atoms in total. The number of rotatable bonds is 3. The number of carbonyl (C=O) groups is 2. The second-order valence-corrected chi connectivity index (χ2v) is 12.2. The second-order valence-electron chi connectivity index (χ2n) is 11.2. The summed E-state index contributed by atoms with van der Waals surface area (Å²) < 4.78 is 11.5. The number of aryl methyl sites for hydroxylation is 2. The zero-order valence-electron chi connectivity index (χ0n) is 23.3. The first kappa shape index (κ1) is 27.6. The summed E-state index contributed by atoms with van der Waals surface area (Å²) in [6, 6.07) is 13.1. The molecule has 11 heteroatoms. The Balaban J connectivity index is 1.33. The number of nitriles is 1. The number of aromatic nitrogens is 2. The molecule has 1 spiro atoms. The van der Waals surface area contributed by atoms with E-state index in [9.17, 15) is 14.9 Å². The molecular weight excluding hydrogens is 528 g/mol. The number of benzene rings is 1. The van der Waals surface area contributed by atoms with E-state index in [1.807, 2.05) is 58.9 Å². The van der Waals surface area contributed by atoms with Crippen molar-refractivity contribution in [2.24, 2.45) is 0 Å². The average Bonchev–Trinajstić information content (AvgIpc) is 3.29. The molecule has 5 rings (SSSR count). The Morgan fingerprint density at radius 2 is 1.77 bits per heavy atom. The van der Waals surface area contributed by atoms with Crippen molar-refractivity contribution in [2.45, 2.75) is 45.8 Å². The second kappa shape index (κ2) is 10.5. The van der Waals surface area contributed by atoms with E-state index in [-0.39, 0.29) is 12.1 Å². The predicted octanol–water partition coefficient (Wildman–Crippen LogP) is 5.21. The molecule has 2 aliphatic heterocycles. The summed E-state index contributed by atoms with van der Waals surface area (Å²) in [6.45, 7) is 11.3. The number of morpholine rings is 1. The number of anilines is 1. The van der Waals surface area contributed by atoms with Crippen LogP contribution >= 0.6 is 11.3 Å². The third-order valence-electron chi connectivity index (χ3n) is 6.60. The Kier molecular flexibility index (Phi) is 7.25. The first-order chi connectivity index (χ1) is 18.9. The van der Waals surface area contributed by atoms with E-state index >= 15 is 0 Å². The molecule has 2 fully saturated rings. The van der Waals surface area contributed by atoms with E-state index in [0.717, 1.165) is 27.4 Å². The van der Waals surface area contributed by atoms with Crippen LogP contribution in [0.4, 0.5) is 14.7 Å². The Morgan fingerprint density at radius 1 is 1.07 bits per heavy atom. The van der Waals surface area contributed by atoms with Crippen LogP contribution < -0.4 is 5.32 Å². The summed E-state index contributed by atoms with van der Waals surface area (Å²) in [7, 11) is 0. The van der Waals surface area contributed by atoms with Crippen molar-refractivity contribution in [1.29, 1.82) is 5.26 Å². The number of pyridine rings is 1. The number of thiazole rings is 1. The fraction of sp³-hybridized carbons (Fsp3) is 0.414. The standard InChI is InChI=1S/C29H32N6O4S/c1-18-11-22(12-19(2)31-18)24-23(21-8-6-7-20(13-21)14-30)32-25(40-24)33-26(36)35-16-29(17-35)15-34(9-10-38-29)27(37)39-28(3,4)5/h6-8,11-13H,9-10,15-17H2,1-5H3,(H,32,33,36). The molecule has 1 N–H and O–H groups in total. The molecule has 0 aliphatic carbocycles. The van der Waals surface area contributed by atoms with Gasteiger partial charge in [-0.2, -0.15) is 5.26 Å². The molecule has 4 heterocycles. The highest BCUT2D eigenvalue weighted by Gasteiger charge is 2.50.